The van der Waals surface area contributed by atoms with E-state index < -0.39 is 12.5 Å². The summed E-state index contributed by atoms with van der Waals surface area (Å²) in [7, 11) is 0. The molecule has 0 radical (unpaired) electrons. The van der Waals surface area contributed by atoms with Crippen molar-refractivity contribution in [2.45, 2.75) is 44.3 Å². The van der Waals surface area contributed by atoms with Crippen LogP contribution in [0.1, 0.15) is 25.7 Å². The van der Waals surface area contributed by atoms with E-state index in [1.807, 2.05) is 0 Å². The molecule has 6 heteroatoms. The Labute approximate surface area is 108 Å². The van der Waals surface area contributed by atoms with Crippen molar-refractivity contribution in [1.29, 1.82) is 0 Å². The molecule has 0 saturated heterocycles. The first-order chi connectivity index (χ1) is 8.94. The molecule has 0 spiro atoms. The molecule has 1 aliphatic carbocycles. The smallest absolute Gasteiger partial charge is 0.488 e. The van der Waals surface area contributed by atoms with Crippen LogP contribution < -0.4 is 9.47 Å². The van der Waals surface area contributed by atoms with Crippen molar-refractivity contribution in [1.82, 2.24) is 0 Å². The Morgan fingerprint density at radius 1 is 1.00 bits per heavy atom. The van der Waals surface area contributed by atoms with Gasteiger partial charge in [0.05, 0.1) is 6.10 Å². The van der Waals surface area contributed by atoms with E-state index in [0.717, 1.165) is 19.3 Å². The summed E-state index contributed by atoms with van der Waals surface area (Å²) in [4.78, 5) is 0. The first-order valence-corrected chi connectivity index (χ1v) is 6.14. The van der Waals surface area contributed by atoms with E-state index in [9.17, 15) is 18.3 Å². The lowest BCUT2D eigenvalue weighted by Crippen LogP contribution is -2.34. The minimum Gasteiger partial charge on any atom is -0.488 e. The highest BCUT2D eigenvalue weighted by molar-refractivity contribution is 5.31. The lowest BCUT2D eigenvalue weighted by molar-refractivity contribution is -0.274. The summed E-state index contributed by atoms with van der Waals surface area (Å²) in [5.74, 6) is 0.143. The first-order valence-electron chi connectivity index (χ1n) is 6.14. The van der Waals surface area contributed by atoms with E-state index in [-0.39, 0.29) is 11.9 Å². The predicted molar refractivity (Wildman–Crippen MR) is 62.0 cm³/mol. The third kappa shape index (κ3) is 4.31. The fraction of sp³-hybridized carbons (Fsp3) is 0.538. The van der Waals surface area contributed by atoms with Crippen LogP contribution in [0.25, 0.3) is 0 Å². The van der Waals surface area contributed by atoms with Crippen LogP contribution in [-0.4, -0.2) is 23.7 Å². The van der Waals surface area contributed by atoms with E-state index in [1.54, 1.807) is 0 Å². The van der Waals surface area contributed by atoms with E-state index in [4.69, 9.17) is 4.74 Å². The van der Waals surface area contributed by atoms with Crippen LogP contribution in [0.4, 0.5) is 13.2 Å². The van der Waals surface area contributed by atoms with Crippen LogP contribution in [0, 0.1) is 0 Å². The highest BCUT2D eigenvalue weighted by atomic mass is 19.4. The van der Waals surface area contributed by atoms with Crippen molar-refractivity contribution in [3.05, 3.63) is 24.3 Å². The third-order valence-electron chi connectivity index (χ3n) is 3.01. The van der Waals surface area contributed by atoms with Gasteiger partial charge in [-0.2, -0.15) is 0 Å². The highest BCUT2D eigenvalue weighted by Crippen LogP contribution is 2.27. The van der Waals surface area contributed by atoms with Crippen molar-refractivity contribution in [3.8, 4) is 11.5 Å². The van der Waals surface area contributed by atoms with Gasteiger partial charge in [-0.1, -0.05) is 6.42 Å². The molecule has 2 unspecified atom stereocenters. The number of ether oxygens (including phenoxy) is 2. The number of aliphatic hydroxyl groups excluding tert-OH is 1. The fourth-order valence-electron chi connectivity index (χ4n) is 2.11. The van der Waals surface area contributed by atoms with Crippen molar-refractivity contribution < 1.29 is 27.8 Å². The monoisotopic (exact) mass is 276 g/mol. The maximum Gasteiger partial charge on any atom is 0.573 e. The Hall–Kier alpha value is -1.43. The fourth-order valence-corrected chi connectivity index (χ4v) is 2.11. The van der Waals surface area contributed by atoms with Gasteiger partial charge in [-0.15, -0.1) is 13.2 Å². The number of benzene rings is 1. The van der Waals surface area contributed by atoms with Crippen LogP contribution in [0.15, 0.2) is 24.3 Å². The standard InChI is InChI=1S/C13H15F3O3/c14-13(15,16)19-10-7-5-9(6-8-10)18-12-4-2-1-3-11(12)17/h5-8,11-12,17H,1-4H2. The molecule has 2 atom stereocenters. The number of hydrogen-bond donors (Lipinski definition) is 1. The molecule has 19 heavy (non-hydrogen) atoms. The topological polar surface area (TPSA) is 38.7 Å². The maximum absolute atomic E-state index is 12.0. The van der Waals surface area contributed by atoms with Crippen LogP contribution >= 0.6 is 0 Å². The summed E-state index contributed by atoms with van der Waals surface area (Å²) in [5.41, 5.74) is 0. The van der Waals surface area contributed by atoms with Gasteiger partial charge in [0.15, 0.2) is 0 Å². The number of halogens is 3. The zero-order valence-corrected chi connectivity index (χ0v) is 10.2. The zero-order chi connectivity index (χ0) is 13.9. The van der Waals surface area contributed by atoms with Gasteiger partial charge < -0.3 is 14.6 Å². The summed E-state index contributed by atoms with van der Waals surface area (Å²) in [6.45, 7) is 0. The van der Waals surface area contributed by atoms with Crippen LogP contribution in [0.2, 0.25) is 0 Å². The van der Waals surface area contributed by atoms with Crippen molar-refractivity contribution >= 4 is 0 Å². The highest BCUT2D eigenvalue weighted by Gasteiger charge is 2.31. The van der Waals surface area contributed by atoms with Gasteiger partial charge in [-0.3, -0.25) is 0 Å². The summed E-state index contributed by atoms with van der Waals surface area (Å²) in [5, 5.41) is 9.74. The number of rotatable bonds is 3. The second kappa shape index (κ2) is 5.69. The van der Waals surface area contributed by atoms with Crippen LogP contribution in [-0.2, 0) is 0 Å². The number of alkyl halides is 3. The lowest BCUT2D eigenvalue weighted by atomic mass is 9.95. The molecule has 0 heterocycles. The summed E-state index contributed by atoms with van der Waals surface area (Å²) < 4.78 is 45.3. The van der Waals surface area contributed by atoms with Crippen molar-refractivity contribution in [2.75, 3.05) is 0 Å². The lowest BCUT2D eigenvalue weighted by Gasteiger charge is -2.28. The van der Waals surface area contributed by atoms with Crippen LogP contribution in [0.5, 0.6) is 11.5 Å². The molecule has 3 nitrogen and oxygen atoms in total. The Kier molecular flexibility index (Phi) is 4.19. The molecule has 0 aromatic heterocycles. The molecule has 0 bridgehead atoms. The van der Waals surface area contributed by atoms with E-state index >= 15 is 0 Å². The minimum atomic E-state index is -4.69. The Bertz CT molecular complexity index is 403. The second-order valence-corrected chi connectivity index (χ2v) is 4.53. The first kappa shape index (κ1) is 14.0. The zero-order valence-electron chi connectivity index (χ0n) is 10.2. The molecule has 1 aliphatic rings. The summed E-state index contributed by atoms with van der Waals surface area (Å²) >= 11 is 0. The summed E-state index contributed by atoms with van der Waals surface area (Å²) in [6, 6.07) is 5.20. The molecular formula is C13H15F3O3. The quantitative estimate of drug-likeness (QED) is 0.920. The second-order valence-electron chi connectivity index (χ2n) is 4.53. The summed E-state index contributed by atoms with van der Waals surface area (Å²) in [6.07, 6.45) is -2.09. The van der Waals surface area contributed by atoms with Gasteiger partial charge in [0.2, 0.25) is 0 Å². The molecule has 2 rings (SSSR count). The SMILES string of the molecule is OC1CCCCC1Oc1ccc(OC(F)(F)F)cc1. The normalized spacial score (nSPS) is 24.0. The number of aliphatic hydroxyl groups is 1. The van der Waals surface area contributed by atoms with E-state index in [1.165, 1.54) is 24.3 Å². The largest absolute Gasteiger partial charge is 0.573 e. The average Bonchev–Trinajstić information content (AvgIpc) is 2.33. The van der Waals surface area contributed by atoms with Gasteiger partial charge in [-0.05, 0) is 43.5 Å². The Balaban J connectivity index is 1.94. The Morgan fingerprint density at radius 3 is 2.16 bits per heavy atom. The molecule has 1 aromatic carbocycles. The average molecular weight is 276 g/mol. The predicted octanol–water partition coefficient (Wildman–Crippen LogP) is 3.27. The van der Waals surface area contributed by atoms with Gasteiger partial charge in [0.1, 0.15) is 17.6 Å². The molecule has 0 aliphatic heterocycles. The molecule has 0 amide bonds. The molecule has 1 N–H and O–H groups in total. The van der Waals surface area contributed by atoms with Gasteiger partial charge in [-0.25, -0.2) is 0 Å². The van der Waals surface area contributed by atoms with Crippen molar-refractivity contribution in [2.24, 2.45) is 0 Å². The minimum absolute atomic E-state index is 0.288. The van der Waals surface area contributed by atoms with Crippen molar-refractivity contribution in [3.63, 3.8) is 0 Å². The molecule has 106 valence electrons. The maximum atomic E-state index is 12.0. The third-order valence-corrected chi connectivity index (χ3v) is 3.01. The molecular weight excluding hydrogens is 261 g/mol. The van der Waals surface area contributed by atoms with E-state index in [0.29, 0.717) is 12.2 Å². The van der Waals surface area contributed by atoms with Gasteiger partial charge >= 0.3 is 6.36 Å². The molecule has 1 aromatic rings. The van der Waals surface area contributed by atoms with Gasteiger partial charge in [0, 0.05) is 0 Å². The number of hydrogen-bond acceptors (Lipinski definition) is 3. The van der Waals surface area contributed by atoms with E-state index in [2.05, 4.69) is 4.74 Å². The van der Waals surface area contributed by atoms with Gasteiger partial charge in [0.25, 0.3) is 0 Å². The molecule has 1 fully saturated rings. The Morgan fingerprint density at radius 2 is 1.58 bits per heavy atom. The molecule has 1 saturated carbocycles. The van der Waals surface area contributed by atoms with Crippen LogP contribution in [0.3, 0.4) is 0 Å².